The Morgan fingerprint density at radius 3 is 2.65 bits per heavy atom. The number of hydrogen-bond donors (Lipinski definition) is 2. The molecule has 0 aromatic carbocycles. The maximum Gasteiger partial charge on any atom is 0.328 e. The highest BCUT2D eigenvalue weighted by Gasteiger charge is 2.08. The van der Waals surface area contributed by atoms with E-state index in [1.165, 1.54) is 11.6 Å². The van der Waals surface area contributed by atoms with Crippen molar-refractivity contribution in [1.82, 2.24) is 15.1 Å². The van der Waals surface area contributed by atoms with Gasteiger partial charge in [-0.25, -0.2) is 4.79 Å². The first-order chi connectivity index (χ1) is 7.91. The second-order valence-electron chi connectivity index (χ2n) is 4.21. The molecule has 0 bridgehead atoms. The minimum atomic E-state index is -0.905. The number of nitrogens with one attached hydrogen (secondary N) is 1. The zero-order valence-electron chi connectivity index (χ0n) is 10.7. The maximum absolute atomic E-state index is 10.4. The molecule has 1 rings (SSSR count). The number of nitrogens with zero attached hydrogens (tertiary/aromatic N) is 2. The number of carbonyl (C=O) groups is 1. The molecule has 0 atom stereocenters. The molecular formula is C12H19N3O2. The first-order valence-electron chi connectivity index (χ1n) is 5.51. The van der Waals surface area contributed by atoms with Crippen LogP contribution in [0, 0.1) is 13.8 Å². The first kappa shape index (κ1) is 13.4. The van der Waals surface area contributed by atoms with Crippen molar-refractivity contribution in [2.45, 2.75) is 27.3 Å². The summed E-state index contributed by atoms with van der Waals surface area (Å²) in [5.74, 6) is -0.905. The van der Waals surface area contributed by atoms with Gasteiger partial charge in [0.25, 0.3) is 0 Å². The van der Waals surface area contributed by atoms with Gasteiger partial charge >= 0.3 is 5.97 Å². The van der Waals surface area contributed by atoms with E-state index in [-0.39, 0.29) is 0 Å². The summed E-state index contributed by atoms with van der Waals surface area (Å²) >= 11 is 0. The number of carboxylic acid groups (broad SMARTS) is 1. The molecule has 1 heterocycles. The van der Waals surface area contributed by atoms with Crippen molar-refractivity contribution in [3.8, 4) is 0 Å². The second-order valence-corrected chi connectivity index (χ2v) is 4.21. The SMILES string of the molecule is CC(=CC(=O)O)CNCc1c(C)nn(C)c1C. The third-order valence-electron chi connectivity index (χ3n) is 2.73. The van der Waals surface area contributed by atoms with E-state index in [1.807, 2.05) is 25.6 Å². The van der Waals surface area contributed by atoms with Crippen LogP contribution < -0.4 is 5.32 Å². The molecule has 94 valence electrons. The molecule has 0 amide bonds. The molecule has 5 heteroatoms. The van der Waals surface area contributed by atoms with Crippen molar-refractivity contribution < 1.29 is 9.90 Å². The molecule has 17 heavy (non-hydrogen) atoms. The van der Waals surface area contributed by atoms with Gasteiger partial charge in [-0.1, -0.05) is 5.57 Å². The van der Waals surface area contributed by atoms with Gasteiger partial charge in [0.15, 0.2) is 0 Å². The fourth-order valence-electron chi connectivity index (χ4n) is 1.72. The Balaban J connectivity index is 2.54. The molecule has 0 aliphatic rings. The van der Waals surface area contributed by atoms with Crippen LogP contribution in [0.2, 0.25) is 0 Å². The quantitative estimate of drug-likeness (QED) is 0.754. The predicted octanol–water partition coefficient (Wildman–Crippen LogP) is 1.16. The second kappa shape index (κ2) is 5.63. The number of aliphatic carboxylic acids is 1. The van der Waals surface area contributed by atoms with Crippen LogP contribution >= 0.6 is 0 Å². The molecule has 1 aromatic rings. The van der Waals surface area contributed by atoms with Crippen LogP contribution in [-0.4, -0.2) is 27.4 Å². The Hall–Kier alpha value is -1.62. The van der Waals surface area contributed by atoms with Crippen molar-refractivity contribution in [3.63, 3.8) is 0 Å². The summed E-state index contributed by atoms with van der Waals surface area (Å²) in [5, 5.41) is 16.1. The Kier molecular flexibility index (Phi) is 4.45. The summed E-state index contributed by atoms with van der Waals surface area (Å²) in [6.45, 7) is 7.07. The summed E-state index contributed by atoms with van der Waals surface area (Å²) in [4.78, 5) is 10.4. The fourth-order valence-corrected chi connectivity index (χ4v) is 1.72. The van der Waals surface area contributed by atoms with Gasteiger partial charge < -0.3 is 10.4 Å². The summed E-state index contributed by atoms with van der Waals surface area (Å²) in [6, 6.07) is 0. The number of aromatic nitrogens is 2. The highest BCUT2D eigenvalue weighted by Crippen LogP contribution is 2.11. The minimum absolute atomic E-state index is 0.570. The molecule has 0 aliphatic heterocycles. The Labute approximate surface area is 101 Å². The summed E-state index contributed by atoms with van der Waals surface area (Å²) in [7, 11) is 1.92. The third kappa shape index (κ3) is 3.71. The average molecular weight is 237 g/mol. The molecule has 0 saturated heterocycles. The van der Waals surface area contributed by atoms with E-state index >= 15 is 0 Å². The fraction of sp³-hybridized carbons (Fsp3) is 0.500. The van der Waals surface area contributed by atoms with E-state index in [2.05, 4.69) is 10.4 Å². The lowest BCUT2D eigenvalue weighted by Crippen LogP contribution is -2.17. The summed E-state index contributed by atoms with van der Waals surface area (Å²) < 4.78 is 1.85. The van der Waals surface area contributed by atoms with E-state index in [0.717, 1.165) is 17.0 Å². The molecule has 2 N–H and O–H groups in total. The monoisotopic (exact) mass is 237 g/mol. The average Bonchev–Trinajstić information content (AvgIpc) is 2.43. The Morgan fingerprint density at radius 1 is 1.53 bits per heavy atom. The highest BCUT2D eigenvalue weighted by molar-refractivity contribution is 5.80. The molecular weight excluding hydrogens is 218 g/mol. The lowest BCUT2D eigenvalue weighted by atomic mass is 10.2. The molecule has 0 aliphatic carbocycles. The van der Waals surface area contributed by atoms with Crippen LogP contribution in [0.25, 0.3) is 0 Å². The molecule has 0 fully saturated rings. The Bertz CT molecular complexity index is 447. The van der Waals surface area contributed by atoms with Crippen LogP contribution in [0.5, 0.6) is 0 Å². The van der Waals surface area contributed by atoms with Crippen molar-refractivity contribution in [2.24, 2.45) is 7.05 Å². The van der Waals surface area contributed by atoms with Gasteiger partial charge in [-0.2, -0.15) is 5.10 Å². The predicted molar refractivity (Wildman–Crippen MR) is 65.8 cm³/mol. The standard InChI is InChI=1S/C12H19N3O2/c1-8(5-12(16)17)6-13-7-11-9(2)14-15(4)10(11)3/h5,13H,6-7H2,1-4H3,(H,16,17). The molecule has 0 unspecified atom stereocenters. The van der Waals surface area contributed by atoms with E-state index in [9.17, 15) is 4.79 Å². The minimum Gasteiger partial charge on any atom is -0.478 e. The lowest BCUT2D eigenvalue weighted by Gasteiger charge is -2.05. The molecule has 5 nitrogen and oxygen atoms in total. The molecule has 0 radical (unpaired) electrons. The van der Waals surface area contributed by atoms with Gasteiger partial charge in [0.1, 0.15) is 0 Å². The zero-order chi connectivity index (χ0) is 13.0. The van der Waals surface area contributed by atoms with Crippen molar-refractivity contribution in [2.75, 3.05) is 6.54 Å². The Morgan fingerprint density at radius 2 is 2.18 bits per heavy atom. The van der Waals surface area contributed by atoms with E-state index in [0.29, 0.717) is 13.1 Å². The number of rotatable bonds is 5. The maximum atomic E-state index is 10.4. The van der Waals surface area contributed by atoms with Gasteiger partial charge in [0.2, 0.25) is 0 Å². The van der Waals surface area contributed by atoms with Crippen molar-refractivity contribution in [1.29, 1.82) is 0 Å². The van der Waals surface area contributed by atoms with Gasteiger partial charge in [-0.3, -0.25) is 4.68 Å². The number of aryl methyl sites for hydroxylation is 2. The van der Waals surface area contributed by atoms with Crippen LogP contribution in [0.1, 0.15) is 23.9 Å². The molecule has 0 spiro atoms. The number of hydrogen-bond acceptors (Lipinski definition) is 3. The first-order valence-corrected chi connectivity index (χ1v) is 5.51. The van der Waals surface area contributed by atoms with Gasteiger partial charge in [-0.05, 0) is 20.8 Å². The zero-order valence-corrected chi connectivity index (χ0v) is 10.7. The topological polar surface area (TPSA) is 67.2 Å². The number of carboxylic acids is 1. The van der Waals surface area contributed by atoms with E-state index in [1.54, 1.807) is 6.92 Å². The van der Waals surface area contributed by atoms with Crippen LogP contribution in [0.4, 0.5) is 0 Å². The molecule has 1 aromatic heterocycles. The smallest absolute Gasteiger partial charge is 0.328 e. The van der Waals surface area contributed by atoms with E-state index < -0.39 is 5.97 Å². The van der Waals surface area contributed by atoms with E-state index in [4.69, 9.17) is 5.11 Å². The highest BCUT2D eigenvalue weighted by atomic mass is 16.4. The van der Waals surface area contributed by atoms with Crippen LogP contribution in [0.3, 0.4) is 0 Å². The summed E-state index contributed by atoms with van der Waals surface area (Å²) in [6.07, 6.45) is 1.22. The molecule has 0 saturated carbocycles. The summed E-state index contributed by atoms with van der Waals surface area (Å²) in [5.41, 5.74) is 4.12. The third-order valence-corrected chi connectivity index (χ3v) is 2.73. The van der Waals surface area contributed by atoms with Crippen molar-refractivity contribution >= 4 is 5.97 Å². The van der Waals surface area contributed by atoms with Crippen molar-refractivity contribution in [3.05, 3.63) is 28.6 Å². The van der Waals surface area contributed by atoms with Crippen LogP contribution in [-0.2, 0) is 18.4 Å². The normalized spacial score (nSPS) is 11.9. The van der Waals surface area contributed by atoms with Gasteiger partial charge in [-0.15, -0.1) is 0 Å². The van der Waals surface area contributed by atoms with Gasteiger partial charge in [0, 0.05) is 37.5 Å². The largest absolute Gasteiger partial charge is 0.478 e. The van der Waals surface area contributed by atoms with Gasteiger partial charge in [0.05, 0.1) is 5.69 Å². The lowest BCUT2D eigenvalue weighted by molar-refractivity contribution is -0.131. The van der Waals surface area contributed by atoms with Crippen LogP contribution in [0.15, 0.2) is 11.6 Å².